The number of aliphatic hydroxyl groups excluding tert-OH is 1. The van der Waals surface area contributed by atoms with Crippen LogP contribution in [0.2, 0.25) is 0 Å². The Morgan fingerprint density at radius 1 is 1.26 bits per heavy atom. The number of hydrogen-bond acceptors (Lipinski definition) is 4. The molecule has 0 radical (unpaired) electrons. The van der Waals surface area contributed by atoms with Crippen molar-refractivity contribution < 1.29 is 14.6 Å². The van der Waals surface area contributed by atoms with E-state index in [1.165, 1.54) is 5.56 Å². The van der Waals surface area contributed by atoms with E-state index in [1.807, 2.05) is 6.92 Å². The molecule has 0 amide bonds. The Morgan fingerprint density at radius 2 is 2.00 bits per heavy atom. The van der Waals surface area contributed by atoms with Crippen molar-refractivity contribution in [2.24, 2.45) is 5.92 Å². The molecule has 23 heavy (non-hydrogen) atoms. The van der Waals surface area contributed by atoms with E-state index < -0.39 is 0 Å². The molecule has 1 aromatic rings. The normalized spacial score (nSPS) is 34.6. The van der Waals surface area contributed by atoms with Gasteiger partial charge in [-0.3, -0.25) is 4.90 Å². The summed E-state index contributed by atoms with van der Waals surface area (Å²) in [5, 5.41) is 10.3. The second-order valence-electron chi connectivity index (χ2n) is 7.38. The minimum Gasteiger partial charge on any atom is -0.392 e. The highest BCUT2D eigenvalue weighted by Crippen LogP contribution is 2.47. The minimum atomic E-state index is -0.357. The molecule has 1 N–H and O–H groups in total. The van der Waals surface area contributed by atoms with E-state index in [0.29, 0.717) is 12.0 Å². The van der Waals surface area contributed by atoms with Crippen LogP contribution in [0.4, 0.5) is 0 Å². The molecule has 2 heterocycles. The largest absolute Gasteiger partial charge is 0.392 e. The van der Waals surface area contributed by atoms with E-state index in [0.717, 1.165) is 45.4 Å². The number of rotatable bonds is 3. The van der Waals surface area contributed by atoms with Crippen LogP contribution in [0.3, 0.4) is 0 Å². The summed E-state index contributed by atoms with van der Waals surface area (Å²) in [7, 11) is 0. The van der Waals surface area contributed by atoms with Gasteiger partial charge in [-0.2, -0.15) is 0 Å². The van der Waals surface area contributed by atoms with Crippen LogP contribution in [-0.4, -0.2) is 47.2 Å². The predicted octanol–water partition coefficient (Wildman–Crippen LogP) is 2.55. The van der Waals surface area contributed by atoms with Gasteiger partial charge in [0.15, 0.2) is 5.79 Å². The molecule has 2 saturated heterocycles. The first-order valence-corrected chi connectivity index (χ1v) is 8.92. The maximum Gasteiger partial charge on any atom is 0.170 e. The van der Waals surface area contributed by atoms with E-state index in [-0.39, 0.29) is 17.9 Å². The molecule has 2 aliphatic heterocycles. The first-order valence-electron chi connectivity index (χ1n) is 8.92. The molecule has 4 rings (SSSR count). The van der Waals surface area contributed by atoms with E-state index in [2.05, 4.69) is 35.2 Å². The topological polar surface area (TPSA) is 41.9 Å². The third-order valence-electron chi connectivity index (χ3n) is 5.93. The Hall–Kier alpha value is -0.940. The molecular weight excluding hydrogens is 290 g/mol. The van der Waals surface area contributed by atoms with Gasteiger partial charge in [0.25, 0.3) is 0 Å². The Labute approximate surface area is 138 Å². The van der Waals surface area contributed by atoms with Gasteiger partial charge in [0.2, 0.25) is 0 Å². The Balaban J connectivity index is 1.57. The predicted molar refractivity (Wildman–Crippen MR) is 87.8 cm³/mol. The van der Waals surface area contributed by atoms with Crippen molar-refractivity contribution >= 4 is 0 Å². The van der Waals surface area contributed by atoms with Crippen molar-refractivity contribution in [1.82, 2.24) is 4.90 Å². The Kier molecular flexibility index (Phi) is 4.18. The van der Waals surface area contributed by atoms with Crippen LogP contribution in [0.25, 0.3) is 0 Å². The second-order valence-corrected chi connectivity index (χ2v) is 7.38. The first kappa shape index (κ1) is 15.6. The SMILES string of the molecule is C[C@H](O)[C@@H]1C[C@@H]2CCC3(C[C@@H]2N1Cc1ccccc1)OCCO3. The van der Waals surface area contributed by atoms with Gasteiger partial charge >= 0.3 is 0 Å². The third kappa shape index (κ3) is 2.93. The lowest BCUT2D eigenvalue weighted by atomic mass is 9.81. The summed E-state index contributed by atoms with van der Waals surface area (Å²) < 4.78 is 11.9. The maximum atomic E-state index is 10.3. The number of hydrogen-bond donors (Lipinski definition) is 1. The molecule has 1 saturated carbocycles. The Bertz CT molecular complexity index is 527. The quantitative estimate of drug-likeness (QED) is 0.930. The number of likely N-dealkylation sites (tertiary alicyclic amines) is 1. The van der Waals surface area contributed by atoms with Gasteiger partial charge in [-0.25, -0.2) is 0 Å². The fourth-order valence-electron chi connectivity index (χ4n) is 4.80. The molecule has 0 bridgehead atoms. The van der Waals surface area contributed by atoms with Crippen LogP contribution in [0.1, 0.15) is 38.2 Å². The fourth-order valence-corrected chi connectivity index (χ4v) is 4.80. The van der Waals surface area contributed by atoms with Gasteiger partial charge in [0, 0.05) is 31.5 Å². The number of ether oxygens (including phenoxy) is 2. The van der Waals surface area contributed by atoms with Crippen LogP contribution in [0, 0.1) is 5.92 Å². The summed E-state index contributed by atoms with van der Waals surface area (Å²) in [4.78, 5) is 2.51. The van der Waals surface area contributed by atoms with Crippen LogP contribution < -0.4 is 0 Å². The summed E-state index contributed by atoms with van der Waals surface area (Å²) in [5.41, 5.74) is 1.31. The average molecular weight is 317 g/mol. The second kappa shape index (κ2) is 6.17. The zero-order valence-electron chi connectivity index (χ0n) is 13.9. The molecular formula is C19H27NO3. The minimum absolute atomic E-state index is 0.238. The zero-order chi connectivity index (χ0) is 15.9. The zero-order valence-corrected chi connectivity index (χ0v) is 13.9. The van der Waals surface area contributed by atoms with Crippen LogP contribution in [-0.2, 0) is 16.0 Å². The standard InChI is InChI=1S/C19H27NO3/c1-14(21)17-11-16-7-8-19(22-9-10-23-19)12-18(16)20(17)13-15-5-3-2-4-6-15/h2-6,14,16-18,21H,7-13H2,1H3/t14-,16-,17-,18-/m0/s1. The van der Waals surface area contributed by atoms with Crippen molar-refractivity contribution in [2.45, 2.75) is 63.1 Å². The first-order chi connectivity index (χ1) is 11.2. The third-order valence-corrected chi connectivity index (χ3v) is 5.93. The monoisotopic (exact) mass is 317 g/mol. The fraction of sp³-hybridized carbons (Fsp3) is 0.684. The Morgan fingerprint density at radius 3 is 2.70 bits per heavy atom. The molecule has 1 aromatic carbocycles. The van der Waals surface area contributed by atoms with Crippen molar-refractivity contribution in [3.8, 4) is 0 Å². The summed E-state index contributed by atoms with van der Waals surface area (Å²) in [5.74, 6) is 0.292. The lowest BCUT2D eigenvalue weighted by Crippen LogP contribution is -2.48. The smallest absolute Gasteiger partial charge is 0.170 e. The van der Waals surface area contributed by atoms with Crippen molar-refractivity contribution in [3.63, 3.8) is 0 Å². The highest BCUT2D eigenvalue weighted by molar-refractivity contribution is 5.16. The number of aliphatic hydroxyl groups is 1. The molecule has 4 nitrogen and oxygen atoms in total. The van der Waals surface area contributed by atoms with Crippen LogP contribution in [0.5, 0.6) is 0 Å². The molecule has 1 spiro atoms. The lowest BCUT2D eigenvalue weighted by Gasteiger charge is -2.42. The number of benzene rings is 1. The van der Waals surface area contributed by atoms with E-state index in [4.69, 9.17) is 9.47 Å². The molecule has 126 valence electrons. The summed E-state index contributed by atoms with van der Waals surface area (Å²) >= 11 is 0. The maximum absolute atomic E-state index is 10.3. The lowest BCUT2D eigenvalue weighted by molar-refractivity contribution is -0.193. The van der Waals surface area contributed by atoms with Crippen LogP contribution >= 0.6 is 0 Å². The van der Waals surface area contributed by atoms with Gasteiger partial charge in [0.1, 0.15) is 0 Å². The molecule has 1 aliphatic carbocycles. The average Bonchev–Trinajstić information content (AvgIpc) is 3.14. The van der Waals surface area contributed by atoms with Gasteiger partial charge < -0.3 is 14.6 Å². The molecule has 4 heteroatoms. The summed E-state index contributed by atoms with van der Waals surface area (Å²) in [6.45, 7) is 4.26. The summed E-state index contributed by atoms with van der Waals surface area (Å²) in [6, 6.07) is 11.3. The van der Waals surface area contributed by atoms with Crippen molar-refractivity contribution in [3.05, 3.63) is 35.9 Å². The molecule has 0 unspecified atom stereocenters. The van der Waals surface area contributed by atoms with E-state index >= 15 is 0 Å². The van der Waals surface area contributed by atoms with Gasteiger partial charge in [0.05, 0.1) is 19.3 Å². The van der Waals surface area contributed by atoms with E-state index in [9.17, 15) is 5.11 Å². The number of nitrogens with zero attached hydrogens (tertiary/aromatic N) is 1. The molecule has 3 aliphatic rings. The van der Waals surface area contributed by atoms with Gasteiger partial charge in [-0.15, -0.1) is 0 Å². The highest BCUT2D eigenvalue weighted by Gasteiger charge is 2.52. The molecule has 3 fully saturated rings. The van der Waals surface area contributed by atoms with Gasteiger partial charge in [-0.05, 0) is 31.2 Å². The molecule has 4 atom stereocenters. The van der Waals surface area contributed by atoms with Crippen molar-refractivity contribution in [2.75, 3.05) is 13.2 Å². The van der Waals surface area contributed by atoms with Crippen LogP contribution in [0.15, 0.2) is 30.3 Å². The molecule has 0 aromatic heterocycles. The summed E-state index contributed by atoms with van der Waals surface area (Å²) in [6.07, 6.45) is 3.86. The number of fused-ring (bicyclic) bond motifs is 1. The van der Waals surface area contributed by atoms with E-state index in [1.54, 1.807) is 0 Å². The highest BCUT2D eigenvalue weighted by atomic mass is 16.7. The van der Waals surface area contributed by atoms with Crippen molar-refractivity contribution in [1.29, 1.82) is 0 Å². The van der Waals surface area contributed by atoms with Gasteiger partial charge in [-0.1, -0.05) is 30.3 Å².